The zero-order valence-corrected chi connectivity index (χ0v) is 9.18. The molecule has 10 heavy (non-hydrogen) atoms. The van der Waals surface area contributed by atoms with Crippen LogP contribution in [0.15, 0.2) is 0 Å². The molecule has 0 radical (unpaired) electrons. The van der Waals surface area contributed by atoms with Gasteiger partial charge in [-0.05, 0) is 6.16 Å². The molecule has 0 unspecified atom stereocenters. The van der Waals surface area contributed by atoms with Crippen LogP contribution in [0.25, 0.3) is 0 Å². The molecule has 56 valence electrons. The van der Waals surface area contributed by atoms with Crippen molar-refractivity contribution in [3.05, 3.63) is 0 Å². The Labute approximate surface area is 95.7 Å². The van der Waals surface area contributed by atoms with Crippen LogP contribution in [0, 0.1) is 0 Å². The van der Waals surface area contributed by atoms with E-state index in [4.69, 9.17) is 30.0 Å². The molecule has 0 heterocycles. The van der Waals surface area contributed by atoms with Crippen molar-refractivity contribution in [2.24, 2.45) is 0 Å². The van der Waals surface area contributed by atoms with Crippen LogP contribution >= 0.6 is 0 Å². The SMILES string of the molecule is O.O=C(O)O.O=C([O-])[O-].[Ba+2]. The average molecular weight is 277 g/mol. The van der Waals surface area contributed by atoms with Crippen molar-refractivity contribution in [2.45, 2.75) is 0 Å². The largest absolute Gasteiger partial charge is 2.00 e. The van der Waals surface area contributed by atoms with Gasteiger partial charge < -0.3 is 30.7 Å². The molecular formula is C2H4BaO7. The molecule has 0 fully saturated rings. The second-order valence-corrected chi connectivity index (χ2v) is 0.533. The van der Waals surface area contributed by atoms with Crippen LogP contribution in [0.3, 0.4) is 0 Å². The van der Waals surface area contributed by atoms with E-state index in [0.717, 1.165) is 0 Å². The molecule has 0 atom stereocenters. The number of hydrogen-bond donors (Lipinski definition) is 2. The summed E-state index contributed by atoms with van der Waals surface area (Å²) in [5.74, 6) is 0. The van der Waals surface area contributed by atoms with E-state index < -0.39 is 12.3 Å². The molecule has 0 spiro atoms. The molecule has 0 aromatic heterocycles. The maximum Gasteiger partial charge on any atom is 2.00 e. The summed E-state index contributed by atoms with van der Waals surface area (Å²) in [6.45, 7) is 0. The normalized spacial score (nSPS) is 4.80. The Morgan fingerprint density at radius 3 is 1.10 bits per heavy atom. The van der Waals surface area contributed by atoms with Gasteiger partial charge in [-0.1, -0.05) is 0 Å². The molecule has 0 aromatic rings. The van der Waals surface area contributed by atoms with Crippen molar-refractivity contribution >= 4 is 61.2 Å². The minimum Gasteiger partial charge on any atom is -0.652 e. The van der Waals surface area contributed by atoms with Gasteiger partial charge in [0.2, 0.25) is 0 Å². The standard InChI is InChI=1S/2CH2O3.Ba.H2O/c2*2-1(3)4;;/h2*(H2,2,3,4);;1H2/q;;+2;/p-2. The van der Waals surface area contributed by atoms with Gasteiger partial charge in [0.15, 0.2) is 0 Å². The Hall–Kier alpha value is 0.0714. The van der Waals surface area contributed by atoms with E-state index >= 15 is 0 Å². The monoisotopic (exact) mass is 278 g/mol. The number of hydrogen-bond acceptors (Lipinski definition) is 4. The third-order valence-electron chi connectivity index (χ3n) is 0. The van der Waals surface area contributed by atoms with Gasteiger partial charge in [0.25, 0.3) is 0 Å². The van der Waals surface area contributed by atoms with E-state index in [-0.39, 0.29) is 54.4 Å². The third kappa shape index (κ3) is 79100. The van der Waals surface area contributed by atoms with Gasteiger partial charge in [-0.15, -0.1) is 0 Å². The quantitative estimate of drug-likeness (QED) is 0.439. The maximum atomic E-state index is 8.56. The van der Waals surface area contributed by atoms with Gasteiger partial charge in [-0.2, -0.15) is 0 Å². The minimum atomic E-state index is -2.33. The van der Waals surface area contributed by atoms with Crippen molar-refractivity contribution in [1.82, 2.24) is 0 Å². The number of carboxylic acid groups (broad SMARTS) is 4. The molecule has 0 aliphatic carbocycles. The van der Waals surface area contributed by atoms with E-state index in [1.54, 1.807) is 0 Å². The molecule has 0 saturated heterocycles. The summed E-state index contributed by atoms with van der Waals surface area (Å²) in [6, 6.07) is 0. The third-order valence-corrected chi connectivity index (χ3v) is 0. The van der Waals surface area contributed by atoms with E-state index in [2.05, 4.69) is 0 Å². The second-order valence-electron chi connectivity index (χ2n) is 0.533. The van der Waals surface area contributed by atoms with Crippen molar-refractivity contribution in [3.63, 3.8) is 0 Å². The molecule has 0 bridgehead atoms. The topological polar surface area (TPSA) is 152 Å². The first-order valence-corrected chi connectivity index (χ1v) is 1.26. The van der Waals surface area contributed by atoms with Crippen LogP contribution in [0.5, 0.6) is 0 Å². The Kier molecular flexibility index (Phi) is 36.0. The van der Waals surface area contributed by atoms with Gasteiger partial charge in [0.05, 0.1) is 0 Å². The molecule has 0 aromatic carbocycles. The van der Waals surface area contributed by atoms with Gasteiger partial charge in [0, 0.05) is 0 Å². The molecule has 0 amide bonds. The number of carbonyl (C=O) groups is 2. The van der Waals surface area contributed by atoms with Crippen molar-refractivity contribution in [3.8, 4) is 0 Å². The fraction of sp³-hybridized carbons (Fsp3) is 0. The summed E-state index contributed by atoms with van der Waals surface area (Å²) in [5.41, 5.74) is 0. The first-order chi connectivity index (χ1) is 3.46. The predicted molar refractivity (Wildman–Crippen MR) is 25.4 cm³/mol. The second kappa shape index (κ2) is 16.0. The summed E-state index contributed by atoms with van der Waals surface area (Å²) in [5, 5.41) is 30.6. The predicted octanol–water partition coefficient (Wildman–Crippen LogP) is -3.43. The smallest absolute Gasteiger partial charge is 0.652 e. The Morgan fingerprint density at radius 1 is 1.10 bits per heavy atom. The van der Waals surface area contributed by atoms with Crippen LogP contribution in [0.4, 0.5) is 9.59 Å². The average Bonchev–Trinajstić information content (AvgIpc) is 1.25. The van der Waals surface area contributed by atoms with E-state index in [9.17, 15) is 0 Å². The summed E-state index contributed by atoms with van der Waals surface area (Å²) in [4.78, 5) is 16.9. The van der Waals surface area contributed by atoms with Gasteiger partial charge in [0.1, 0.15) is 0 Å². The number of carbonyl (C=O) groups excluding carboxylic acids is 1. The zero-order chi connectivity index (χ0) is 7.15. The zero-order valence-electron chi connectivity index (χ0n) is 4.73. The van der Waals surface area contributed by atoms with E-state index in [1.807, 2.05) is 0 Å². The molecule has 0 aliphatic heterocycles. The first-order valence-electron chi connectivity index (χ1n) is 1.26. The first kappa shape index (κ1) is 22.5. The van der Waals surface area contributed by atoms with Crippen LogP contribution in [0.2, 0.25) is 0 Å². The van der Waals surface area contributed by atoms with Crippen molar-refractivity contribution in [1.29, 1.82) is 0 Å². The van der Waals surface area contributed by atoms with Gasteiger partial charge in [-0.25, -0.2) is 4.79 Å². The Morgan fingerprint density at radius 2 is 1.10 bits per heavy atom. The van der Waals surface area contributed by atoms with E-state index in [0.29, 0.717) is 0 Å². The van der Waals surface area contributed by atoms with Crippen LogP contribution < -0.4 is 10.2 Å². The molecule has 0 aliphatic rings. The molecule has 7 nitrogen and oxygen atoms in total. The van der Waals surface area contributed by atoms with E-state index in [1.165, 1.54) is 0 Å². The Bertz CT molecular complexity index is 69.6. The maximum absolute atomic E-state index is 8.56. The molecule has 0 saturated carbocycles. The molecule has 8 heteroatoms. The van der Waals surface area contributed by atoms with Gasteiger partial charge >= 0.3 is 55.0 Å². The van der Waals surface area contributed by atoms with Gasteiger partial charge in [-0.3, -0.25) is 0 Å². The summed E-state index contributed by atoms with van der Waals surface area (Å²) in [6.07, 6.45) is -4.17. The molecular weight excluding hydrogens is 273 g/mol. The molecule has 4 N–H and O–H groups in total. The minimum absolute atomic E-state index is 0. The summed E-state index contributed by atoms with van der Waals surface area (Å²) >= 11 is 0. The van der Waals surface area contributed by atoms with Crippen molar-refractivity contribution in [2.75, 3.05) is 0 Å². The summed E-state index contributed by atoms with van der Waals surface area (Å²) < 4.78 is 0. The van der Waals surface area contributed by atoms with Crippen LogP contribution in [-0.2, 0) is 0 Å². The van der Waals surface area contributed by atoms with Crippen LogP contribution in [-0.4, -0.2) is 76.9 Å². The Balaban J connectivity index is -0.0000000300. The fourth-order valence-electron chi connectivity index (χ4n) is 0. The summed E-state index contributed by atoms with van der Waals surface area (Å²) in [7, 11) is 0. The molecule has 0 rings (SSSR count). The fourth-order valence-corrected chi connectivity index (χ4v) is 0. The van der Waals surface area contributed by atoms with Crippen LogP contribution in [0.1, 0.15) is 0 Å². The number of rotatable bonds is 0. The van der Waals surface area contributed by atoms with Crippen molar-refractivity contribution < 1.29 is 35.5 Å².